The average Bonchev–Trinajstić information content (AvgIpc) is 3.06. The second kappa shape index (κ2) is 5.58. The Morgan fingerprint density at radius 2 is 2.35 bits per heavy atom. The number of hydrogen-bond acceptors (Lipinski definition) is 3. The summed E-state index contributed by atoms with van der Waals surface area (Å²) in [6, 6.07) is 5.99. The molecule has 2 aromatic rings. The molecule has 0 radical (unpaired) electrons. The Labute approximate surface area is 126 Å². The zero-order valence-electron chi connectivity index (χ0n) is 11.3. The van der Waals surface area contributed by atoms with Crippen molar-refractivity contribution in [3.05, 3.63) is 45.7 Å². The topological polar surface area (TPSA) is 47.3 Å². The van der Waals surface area contributed by atoms with Gasteiger partial charge in [0.05, 0.1) is 18.4 Å². The lowest BCUT2D eigenvalue weighted by Gasteiger charge is -2.15. The Bertz CT molecular complexity index is 624. The highest BCUT2D eigenvalue weighted by Crippen LogP contribution is 2.35. The number of aromatic nitrogens is 2. The Morgan fingerprint density at radius 3 is 3.15 bits per heavy atom. The molecule has 0 saturated heterocycles. The predicted molar refractivity (Wildman–Crippen MR) is 79.9 cm³/mol. The first-order chi connectivity index (χ1) is 9.69. The van der Waals surface area contributed by atoms with Crippen LogP contribution in [0.1, 0.15) is 29.8 Å². The van der Waals surface area contributed by atoms with E-state index in [1.165, 1.54) is 5.56 Å². The summed E-state index contributed by atoms with van der Waals surface area (Å²) in [5.41, 5.74) is 3.10. The maximum Gasteiger partial charge on any atom is 0.125 e. The molecule has 0 saturated carbocycles. The van der Waals surface area contributed by atoms with E-state index in [0.717, 1.165) is 41.1 Å². The molecule has 1 aliphatic rings. The first kappa shape index (κ1) is 13.6. The van der Waals surface area contributed by atoms with Crippen LogP contribution in [0.5, 0.6) is 5.75 Å². The van der Waals surface area contributed by atoms with Crippen LogP contribution in [0.4, 0.5) is 0 Å². The Balaban J connectivity index is 1.88. The SMILES string of the molecule is CCn1nccc1C(O)Cc1cc(Br)cc2c1OCC2. The number of benzene rings is 1. The molecule has 0 fully saturated rings. The molecular weight excluding hydrogens is 320 g/mol. The van der Waals surface area contributed by atoms with Gasteiger partial charge < -0.3 is 9.84 Å². The minimum absolute atomic E-state index is 0.535. The van der Waals surface area contributed by atoms with Gasteiger partial charge in [-0.1, -0.05) is 15.9 Å². The molecule has 4 nitrogen and oxygen atoms in total. The van der Waals surface area contributed by atoms with Gasteiger partial charge >= 0.3 is 0 Å². The average molecular weight is 337 g/mol. The molecule has 106 valence electrons. The third kappa shape index (κ3) is 2.47. The fourth-order valence-electron chi connectivity index (χ4n) is 2.70. The van der Waals surface area contributed by atoms with E-state index in [2.05, 4.69) is 27.1 Å². The molecule has 1 unspecified atom stereocenters. The van der Waals surface area contributed by atoms with E-state index in [1.807, 2.05) is 23.7 Å². The van der Waals surface area contributed by atoms with Gasteiger partial charge in [0, 0.05) is 30.1 Å². The van der Waals surface area contributed by atoms with Gasteiger partial charge in [0.15, 0.2) is 0 Å². The van der Waals surface area contributed by atoms with Gasteiger partial charge in [0.2, 0.25) is 0 Å². The van der Waals surface area contributed by atoms with Gasteiger partial charge in [-0.3, -0.25) is 4.68 Å². The van der Waals surface area contributed by atoms with Crippen LogP contribution in [-0.4, -0.2) is 21.5 Å². The van der Waals surface area contributed by atoms with Crippen molar-refractivity contribution < 1.29 is 9.84 Å². The van der Waals surface area contributed by atoms with Crippen LogP contribution in [-0.2, 0) is 19.4 Å². The number of fused-ring (bicyclic) bond motifs is 1. The summed E-state index contributed by atoms with van der Waals surface area (Å²) >= 11 is 3.53. The second-order valence-electron chi connectivity index (χ2n) is 4.94. The van der Waals surface area contributed by atoms with Crippen LogP contribution in [0.15, 0.2) is 28.9 Å². The number of rotatable bonds is 4. The van der Waals surface area contributed by atoms with Gasteiger partial charge in [-0.15, -0.1) is 0 Å². The molecule has 3 rings (SSSR count). The van der Waals surface area contributed by atoms with E-state index >= 15 is 0 Å². The van der Waals surface area contributed by atoms with Crippen LogP contribution in [0.3, 0.4) is 0 Å². The van der Waals surface area contributed by atoms with Crippen LogP contribution >= 0.6 is 15.9 Å². The van der Waals surface area contributed by atoms with Crippen molar-refractivity contribution in [3.63, 3.8) is 0 Å². The summed E-state index contributed by atoms with van der Waals surface area (Å²) in [5.74, 6) is 0.940. The molecule has 5 heteroatoms. The minimum Gasteiger partial charge on any atom is -0.493 e. The van der Waals surface area contributed by atoms with Crippen molar-refractivity contribution in [2.24, 2.45) is 0 Å². The molecule has 1 aromatic carbocycles. The Hall–Kier alpha value is -1.33. The smallest absolute Gasteiger partial charge is 0.125 e. The van der Waals surface area contributed by atoms with Crippen molar-refractivity contribution in [3.8, 4) is 5.75 Å². The number of aliphatic hydroxyl groups excluding tert-OH is 1. The lowest BCUT2D eigenvalue weighted by molar-refractivity contribution is 0.166. The van der Waals surface area contributed by atoms with E-state index in [4.69, 9.17) is 4.74 Å². The van der Waals surface area contributed by atoms with E-state index in [0.29, 0.717) is 6.42 Å². The maximum absolute atomic E-state index is 10.5. The lowest BCUT2D eigenvalue weighted by atomic mass is 10.0. The number of nitrogens with zero attached hydrogens (tertiary/aromatic N) is 2. The van der Waals surface area contributed by atoms with Gasteiger partial charge in [-0.2, -0.15) is 5.10 Å². The van der Waals surface area contributed by atoms with E-state index < -0.39 is 6.10 Å². The normalized spacial score (nSPS) is 14.9. The third-order valence-corrected chi connectivity index (χ3v) is 4.09. The first-order valence-electron chi connectivity index (χ1n) is 6.83. The van der Waals surface area contributed by atoms with Crippen LogP contribution in [0.25, 0.3) is 0 Å². The fourth-order valence-corrected chi connectivity index (χ4v) is 3.25. The van der Waals surface area contributed by atoms with Crippen molar-refractivity contribution in [1.82, 2.24) is 9.78 Å². The first-order valence-corrected chi connectivity index (χ1v) is 7.62. The van der Waals surface area contributed by atoms with Crippen molar-refractivity contribution in [2.45, 2.75) is 32.4 Å². The quantitative estimate of drug-likeness (QED) is 0.933. The van der Waals surface area contributed by atoms with Gasteiger partial charge in [0.25, 0.3) is 0 Å². The predicted octanol–water partition coefficient (Wildman–Crippen LogP) is 2.88. The Kier molecular flexibility index (Phi) is 3.81. The fraction of sp³-hybridized carbons (Fsp3) is 0.400. The third-order valence-electron chi connectivity index (χ3n) is 3.63. The summed E-state index contributed by atoms with van der Waals surface area (Å²) in [5, 5.41) is 14.7. The number of aliphatic hydroxyl groups is 1. The summed E-state index contributed by atoms with van der Waals surface area (Å²) < 4.78 is 8.56. The molecule has 1 N–H and O–H groups in total. The largest absolute Gasteiger partial charge is 0.493 e. The highest BCUT2D eigenvalue weighted by atomic mass is 79.9. The molecular formula is C15H17BrN2O2. The maximum atomic E-state index is 10.5. The van der Waals surface area contributed by atoms with Crippen LogP contribution in [0.2, 0.25) is 0 Å². The number of ether oxygens (including phenoxy) is 1. The monoisotopic (exact) mass is 336 g/mol. The van der Waals surface area contributed by atoms with Gasteiger partial charge in [-0.05, 0) is 36.2 Å². The zero-order valence-corrected chi connectivity index (χ0v) is 12.9. The highest BCUT2D eigenvalue weighted by Gasteiger charge is 2.21. The van der Waals surface area contributed by atoms with Crippen molar-refractivity contribution >= 4 is 15.9 Å². The Morgan fingerprint density at radius 1 is 1.50 bits per heavy atom. The summed E-state index contributed by atoms with van der Waals surface area (Å²) in [6.45, 7) is 3.50. The van der Waals surface area contributed by atoms with Crippen LogP contribution in [0, 0.1) is 0 Å². The number of aryl methyl sites for hydroxylation is 1. The molecule has 0 aliphatic carbocycles. The number of halogens is 1. The summed E-state index contributed by atoms with van der Waals surface area (Å²) in [7, 11) is 0. The molecule has 20 heavy (non-hydrogen) atoms. The molecule has 0 amide bonds. The van der Waals surface area contributed by atoms with E-state index in [9.17, 15) is 5.11 Å². The lowest BCUT2D eigenvalue weighted by Crippen LogP contribution is -2.10. The minimum atomic E-state index is -0.569. The van der Waals surface area contributed by atoms with Crippen molar-refractivity contribution in [1.29, 1.82) is 0 Å². The summed E-state index contributed by atoms with van der Waals surface area (Å²) in [6.07, 6.45) is 2.63. The molecule has 1 aliphatic heterocycles. The number of hydrogen-bond donors (Lipinski definition) is 1. The standard InChI is InChI=1S/C15H17BrN2O2/c1-2-18-13(3-5-17-18)14(19)9-11-8-12(16)7-10-4-6-20-15(10)11/h3,5,7-8,14,19H,2,4,6,9H2,1H3. The molecule has 0 bridgehead atoms. The van der Waals surface area contributed by atoms with E-state index in [-0.39, 0.29) is 0 Å². The molecule has 2 heterocycles. The molecule has 1 aromatic heterocycles. The van der Waals surface area contributed by atoms with Gasteiger partial charge in [-0.25, -0.2) is 0 Å². The molecule has 1 atom stereocenters. The highest BCUT2D eigenvalue weighted by molar-refractivity contribution is 9.10. The molecule has 0 spiro atoms. The second-order valence-corrected chi connectivity index (χ2v) is 5.86. The van der Waals surface area contributed by atoms with Crippen molar-refractivity contribution in [2.75, 3.05) is 6.61 Å². The van der Waals surface area contributed by atoms with Crippen LogP contribution < -0.4 is 4.74 Å². The summed E-state index contributed by atoms with van der Waals surface area (Å²) in [4.78, 5) is 0. The van der Waals surface area contributed by atoms with E-state index in [1.54, 1.807) is 6.20 Å². The zero-order chi connectivity index (χ0) is 14.1. The van der Waals surface area contributed by atoms with Gasteiger partial charge in [0.1, 0.15) is 5.75 Å².